The molecule has 4 heteroatoms. The van der Waals surface area contributed by atoms with E-state index in [1.807, 2.05) is 12.1 Å². The topological polar surface area (TPSA) is 54.3 Å². The van der Waals surface area contributed by atoms with Gasteiger partial charge >= 0.3 is 0 Å². The van der Waals surface area contributed by atoms with Crippen LogP contribution < -0.4 is 10.6 Å². The molecule has 112 valence electrons. The van der Waals surface area contributed by atoms with Crippen LogP contribution in [0.4, 0.5) is 0 Å². The van der Waals surface area contributed by atoms with E-state index in [4.69, 9.17) is 4.42 Å². The molecule has 0 aromatic carbocycles. The van der Waals surface area contributed by atoms with E-state index in [0.29, 0.717) is 0 Å². The van der Waals surface area contributed by atoms with Crippen molar-refractivity contribution in [2.75, 3.05) is 13.1 Å². The van der Waals surface area contributed by atoms with Gasteiger partial charge in [0.1, 0.15) is 5.76 Å². The fraction of sp³-hybridized carbons (Fsp3) is 0.688. The summed E-state index contributed by atoms with van der Waals surface area (Å²) >= 11 is 0. The van der Waals surface area contributed by atoms with Gasteiger partial charge in [0.05, 0.1) is 11.7 Å². The molecule has 0 aliphatic carbocycles. The van der Waals surface area contributed by atoms with E-state index in [0.717, 1.165) is 51.0 Å². The standard InChI is InChI=1S/C16H26N2O2/c1-3-16(9-5-10-17-12-16)15(19)18-13(2)7-8-14-6-4-11-20-14/h4,6,11,13,17H,3,5,7-10,12H2,1-2H3,(H,18,19). The Morgan fingerprint density at radius 3 is 3.05 bits per heavy atom. The summed E-state index contributed by atoms with van der Waals surface area (Å²) in [5.41, 5.74) is -0.211. The number of amides is 1. The van der Waals surface area contributed by atoms with Crippen molar-refractivity contribution in [2.24, 2.45) is 5.41 Å². The molecule has 2 unspecified atom stereocenters. The quantitative estimate of drug-likeness (QED) is 0.840. The van der Waals surface area contributed by atoms with Gasteiger partial charge in [-0.25, -0.2) is 0 Å². The summed E-state index contributed by atoms with van der Waals surface area (Å²) in [7, 11) is 0. The van der Waals surface area contributed by atoms with Gasteiger partial charge in [-0.3, -0.25) is 4.79 Å². The zero-order valence-electron chi connectivity index (χ0n) is 12.6. The number of piperidine rings is 1. The molecule has 1 aromatic heterocycles. The molecular weight excluding hydrogens is 252 g/mol. The molecule has 1 fully saturated rings. The van der Waals surface area contributed by atoms with Gasteiger partial charge in [0, 0.05) is 19.0 Å². The lowest BCUT2D eigenvalue weighted by Crippen LogP contribution is -2.52. The van der Waals surface area contributed by atoms with Crippen LogP contribution in [0.3, 0.4) is 0 Å². The molecule has 2 rings (SSSR count). The lowest BCUT2D eigenvalue weighted by atomic mass is 9.77. The van der Waals surface area contributed by atoms with Gasteiger partial charge in [0.2, 0.25) is 5.91 Å². The molecule has 2 atom stereocenters. The van der Waals surface area contributed by atoms with Crippen LogP contribution >= 0.6 is 0 Å². The Morgan fingerprint density at radius 1 is 1.60 bits per heavy atom. The predicted octanol–water partition coefficient (Wildman–Crippen LogP) is 2.50. The number of rotatable bonds is 6. The molecule has 1 aromatic rings. The van der Waals surface area contributed by atoms with Crippen molar-refractivity contribution in [1.82, 2.24) is 10.6 Å². The molecular formula is C16H26N2O2. The zero-order valence-corrected chi connectivity index (χ0v) is 12.6. The van der Waals surface area contributed by atoms with Gasteiger partial charge in [0.25, 0.3) is 0 Å². The SMILES string of the molecule is CCC1(C(=O)NC(C)CCc2ccco2)CCCNC1. The molecule has 0 bridgehead atoms. The smallest absolute Gasteiger partial charge is 0.227 e. The van der Waals surface area contributed by atoms with Gasteiger partial charge < -0.3 is 15.1 Å². The van der Waals surface area contributed by atoms with Gasteiger partial charge in [-0.1, -0.05) is 6.92 Å². The van der Waals surface area contributed by atoms with E-state index in [2.05, 4.69) is 24.5 Å². The van der Waals surface area contributed by atoms with E-state index < -0.39 is 0 Å². The Labute approximate surface area is 121 Å². The average Bonchev–Trinajstić information content (AvgIpc) is 2.99. The van der Waals surface area contributed by atoms with Crippen molar-refractivity contribution in [3.63, 3.8) is 0 Å². The summed E-state index contributed by atoms with van der Waals surface area (Å²) in [6.45, 7) is 6.02. The first-order chi connectivity index (χ1) is 9.66. The van der Waals surface area contributed by atoms with Crippen molar-refractivity contribution in [3.05, 3.63) is 24.2 Å². The van der Waals surface area contributed by atoms with E-state index in [9.17, 15) is 4.79 Å². The first-order valence-electron chi connectivity index (χ1n) is 7.70. The highest BCUT2D eigenvalue weighted by Crippen LogP contribution is 2.30. The van der Waals surface area contributed by atoms with Crippen molar-refractivity contribution in [1.29, 1.82) is 0 Å². The minimum atomic E-state index is -0.211. The monoisotopic (exact) mass is 278 g/mol. The Bertz CT molecular complexity index is 408. The first kappa shape index (κ1) is 15.1. The highest BCUT2D eigenvalue weighted by atomic mass is 16.3. The lowest BCUT2D eigenvalue weighted by Gasteiger charge is -2.36. The summed E-state index contributed by atoms with van der Waals surface area (Å²) in [6.07, 6.45) is 6.45. The van der Waals surface area contributed by atoms with E-state index in [-0.39, 0.29) is 17.4 Å². The molecule has 1 amide bonds. The third-order valence-electron chi connectivity index (χ3n) is 4.41. The minimum Gasteiger partial charge on any atom is -0.469 e. The van der Waals surface area contributed by atoms with Crippen LogP contribution in [-0.4, -0.2) is 25.0 Å². The molecule has 1 saturated heterocycles. The van der Waals surface area contributed by atoms with Crippen LogP contribution in [0.15, 0.2) is 22.8 Å². The summed E-state index contributed by atoms with van der Waals surface area (Å²) < 4.78 is 5.32. The molecule has 2 heterocycles. The largest absolute Gasteiger partial charge is 0.469 e. The number of hydrogen-bond donors (Lipinski definition) is 2. The zero-order chi connectivity index (χ0) is 14.4. The van der Waals surface area contributed by atoms with Gasteiger partial charge in [-0.05, 0) is 51.3 Å². The summed E-state index contributed by atoms with van der Waals surface area (Å²) in [5, 5.41) is 6.54. The molecule has 1 aliphatic rings. The molecule has 0 saturated carbocycles. The van der Waals surface area contributed by atoms with E-state index in [1.54, 1.807) is 6.26 Å². The lowest BCUT2D eigenvalue weighted by molar-refractivity contribution is -0.133. The summed E-state index contributed by atoms with van der Waals surface area (Å²) in [4.78, 5) is 12.5. The molecule has 0 radical (unpaired) electrons. The number of hydrogen-bond acceptors (Lipinski definition) is 3. The number of furan rings is 1. The van der Waals surface area contributed by atoms with Crippen LogP contribution in [0.2, 0.25) is 0 Å². The van der Waals surface area contributed by atoms with E-state index >= 15 is 0 Å². The van der Waals surface area contributed by atoms with Gasteiger partial charge in [0.15, 0.2) is 0 Å². The van der Waals surface area contributed by atoms with Crippen molar-refractivity contribution in [3.8, 4) is 0 Å². The highest BCUT2D eigenvalue weighted by molar-refractivity contribution is 5.83. The molecule has 2 N–H and O–H groups in total. The van der Waals surface area contributed by atoms with Crippen LogP contribution in [0, 0.1) is 5.41 Å². The summed E-state index contributed by atoms with van der Waals surface area (Å²) in [6, 6.07) is 4.06. The number of nitrogens with one attached hydrogen (secondary N) is 2. The second-order valence-corrected chi connectivity index (χ2v) is 5.91. The maximum atomic E-state index is 12.5. The number of aryl methyl sites for hydroxylation is 1. The number of carbonyl (C=O) groups excluding carboxylic acids is 1. The fourth-order valence-corrected chi connectivity index (χ4v) is 2.89. The Hall–Kier alpha value is -1.29. The molecule has 1 aliphatic heterocycles. The van der Waals surface area contributed by atoms with Crippen LogP contribution in [0.1, 0.15) is 45.3 Å². The minimum absolute atomic E-state index is 0.179. The maximum absolute atomic E-state index is 12.5. The fourth-order valence-electron chi connectivity index (χ4n) is 2.89. The van der Waals surface area contributed by atoms with E-state index in [1.165, 1.54) is 0 Å². The third-order valence-corrected chi connectivity index (χ3v) is 4.41. The second kappa shape index (κ2) is 6.93. The van der Waals surface area contributed by atoms with Crippen molar-refractivity contribution in [2.45, 2.75) is 52.0 Å². The van der Waals surface area contributed by atoms with Crippen molar-refractivity contribution >= 4 is 5.91 Å². The molecule has 20 heavy (non-hydrogen) atoms. The molecule has 4 nitrogen and oxygen atoms in total. The van der Waals surface area contributed by atoms with Crippen LogP contribution in [0.25, 0.3) is 0 Å². The number of carbonyl (C=O) groups is 1. The normalized spacial score (nSPS) is 24.3. The third kappa shape index (κ3) is 3.63. The summed E-state index contributed by atoms with van der Waals surface area (Å²) in [5.74, 6) is 1.19. The average molecular weight is 278 g/mol. The van der Waals surface area contributed by atoms with Crippen LogP contribution in [-0.2, 0) is 11.2 Å². The first-order valence-corrected chi connectivity index (χ1v) is 7.70. The highest BCUT2D eigenvalue weighted by Gasteiger charge is 2.38. The van der Waals surface area contributed by atoms with Crippen LogP contribution in [0.5, 0.6) is 0 Å². The Balaban J connectivity index is 1.82. The Morgan fingerprint density at radius 2 is 2.45 bits per heavy atom. The van der Waals surface area contributed by atoms with Crippen molar-refractivity contribution < 1.29 is 9.21 Å². The van der Waals surface area contributed by atoms with Gasteiger partial charge in [-0.15, -0.1) is 0 Å². The maximum Gasteiger partial charge on any atom is 0.227 e. The Kier molecular flexibility index (Phi) is 5.24. The predicted molar refractivity (Wildman–Crippen MR) is 79.5 cm³/mol. The molecule has 0 spiro atoms. The second-order valence-electron chi connectivity index (χ2n) is 5.91. The van der Waals surface area contributed by atoms with Gasteiger partial charge in [-0.2, -0.15) is 0 Å².